The smallest absolute Gasteiger partial charge is 0.243 e. The van der Waals surface area contributed by atoms with Gasteiger partial charge in [-0.1, -0.05) is 11.6 Å². The SMILES string of the molecule is [C-]#[N+]c1cc(C=O)c(Cl)s1. The molecule has 1 heterocycles. The van der Waals surface area contributed by atoms with E-state index in [4.69, 9.17) is 18.2 Å². The van der Waals surface area contributed by atoms with Crippen LogP contribution < -0.4 is 0 Å². The van der Waals surface area contributed by atoms with Crippen molar-refractivity contribution >= 4 is 34.2 Å². The molecule has 0 amide bonds. The van der Waals surface area contributed by atoms with E-state index >= 15 is 0 Å². The van der Waals surface area contributed by atoms with Gasteiger partial charge in [0.05, 0.1) is 10.9 Å². The first kappa shape index (κ1) is 7.26. The molecule has 10 heavy (non-hydrogen) atoms. The van der Waals surface area contributed by atoms with Crippen LogP contribution in [0.3, 0.4) is 0 Å². The molecule has 0 bridgehead atoms. The summed E-state index contributed by atoms with van der Waals surface area (Å²) in [7, 11) is 0. The summed E-state index contributed by atoms with van der Waals surface area (Å²) in [5, 5.41) is 0.451. The molecule has 1 rings (SSSR count). The molecule has 0 aliphatic rings. The van der Waals surface area contributed by atoms with E-state index in [0.29, 0.717) is 21.2 Å². The average molecular weight is 172 g/mol. The quantitative estimate of drug-likeness (QED) is 0.470. The van der Waals surface area contributed by atoms with E-state index in [9.17, 15) is 4.79 Å². The van der Waals surface area contributed by atoms with E-state index in [1.165, 1.54) is 6.07 Å². The molecule has 1 aromatic rings. The van der Waals surface area contributed by atoms with Gasteiger partial charge in [0, 0.05) is 5.56 Å². The summed E-state index contributed by atoms with van der Waals surface area (Å²) in [6.45, 7) is 6.59. The Kier molecular flexibility index (Phi) is 2.05. The van der Waals surface area contributed by atoms with Crippen LogP contribution in [0.4, 0.5) is 5.00 Å². The third-order valence-corrected chi connectivity index (χ3v) is 2.22. The molecule has 1 aromatic heterocycles. The lowest BCUT2D eigenvalue weighted by Crippen LogP contribution is -1.69. The molecule has 0 aromatic carbocycles. The molecule has 0 atom stereocenters. The van der Waals surface area contributed by atoms with Gasteiger partial charge in [-0.05, 0) is 6.07 Å². The highest BCUT2D eigenvalue weighted by molar-refractivity contribution is 7.20. The van der Waals surface area contributed by atoms with Crippen molar-refractivity contribution in [2.75, 3.05) is 0 Å². The minimum absolute atomic E-state index is 0.390. The number of carbonyl (C=O) groups excluding carboxylic acids is 1. The van der Waals surface area contributed by atoms with Crippen molar-refractivity contribution in [2.45, 2.75) is 0 Å². The molecule has 0 aliphatic carbocycles. The van der Waals surface area contributed by atoms with Gasteiger partial charge >= 0.3 is 0 Å². The molecule has 0 saturated carbocycles. The zero-order valence-electron chi connectivity index (χ0n) is 4.80. The predicted octanol–water partition coefficient (Wildman–Crippen LogP) is 2.76. The Morgan fingerprint density at radius 2 is 2.50 bits per heavy atom. The van der Waals surface area contributed by atoms with Crippen LogP contribution in [0.2, 0.25) is 4.34 Å². The molecular weight excluding hydrogens is 170 g/mol. The van der Waals surface area contributed by atoms with E-state index < -0.39 is 0 Å². The monoisotopic (exact) mass is 171 g/mol. The number of halogens is 1. The Hall–Kier alpha value is -0.850. The molecule has 2 nitrogen and oxygen atoms in total. The molecule has 0 radical (unpaired) electrons. The van der Waals surface area contributed by atoms with Gasteiger partial charge in [0.25, 0.3) is 0 Å². The normalized spacial score (nSPS) is 8.80. The Morgan fingerprint density at radius 3 is 2.80 bits per heavy atom. The number of thiophene rings is 1. The highest BCUT2D eigenvalue weighted by Crippen LogP contribution is 2.32. The summed E-state index contributed by atoms with van der Waals surface area (Å²) in [4.78, 5) is 13.3. The minimum Gasteiger partial charge on any atom is -0.298 e. The Morgan fingerprint density at radius 1 is 1.80 bits per heavy atom. The molecular formula is C6H2ClNOS. The number of rotatable bonds is 1. The minimum atomic E-state index is 0.390. The second-order valence-electron chi connectivity index (χ2n) is 1.54. The highest BCUT2D eigenvalue weighted by atomic mass is 35.5. The Bertz CT molecular complexity index is 299. The van der Waals surface area contributed by atoms with Crippen molar-refractivity contribution in [3.8, 4) is 0 Å². The van der Waals surface area contributed by atoms with Crippen molar-refractivity contribution in [1.29, 1.82) is 0 Å². The van der Waals surface area contributed by atoms with Crippen LogP contribution in [0.1, 0.15) is 10.4 Å². The van der Waals surface area contributed by atoms with Crippen LogP contribution in [-0.2, 0) is 0 Å². The molecule has 0 saturated heterocycles. The first-order valence-corrected chi connectivity index (χ1v) is 3.59. The topological polar surface area (TPSA) is 21.4 Å². The van der Waals surface area contributed by atoms with E-state index in [1.54, 1.807) is 0 Å². The van der Waals surface area contributed by atoms with Gasteiger partial charge in [0.15, 0.2) is 6.29 Å². The van der Waals surface area contributed by atoms with Gasteiger partial charge < -0.3 is 0 Å². The van der Waals surface area contributed by atoms with Crippen molar-refractivity contribution < 1.29 is 4.79 Å². The third-order valence-electron chi connectivity index (χ3n) is 0.937. The van der Waals surface area contributed by atoms with Crippen molar-refractivity contribution in [1.82, 2.24) is 0 Å². The largest absolute Gasteiger partial charge is 0.298 e. The van der Waals surface area contributed by atoms with Gasteiger partial charge in [-0.2, -0.15) is 0 Å². The number of aldehydes is 1. The second kappa shape index (κ2) is 2.82. The summed E-state index contributed by atoms with van der Waals surface area (Å²) < 4.78 is 0.390. The van der Waals surface area contributed by atoms with Crippen molar-refractivity contribution in [3.05, 3.63) is 27.4 Å². The van der Waals surface area contributed by atoms with Crippen molar-refractivity contribution in [3.63, 3.8) is 0 Å². The highest BCUT2D eigenvalue weighted by Gasteiger charge is 2.03. The van der Waals surface area contributed by atoms with Gasteiger partial charge in [0.2, 0.25) is 5.00 Å². The first-order chi connectivity index (χ1) is 4.77. The molecule has 0 spiro atoms. The standard InChI is InChI=1S/C6H2ClNOS/c1-8-5-2-4(3-9)6(7)10-5/h2-3H. The van der Waals surface area contributed by atoms with Crippen LogP contribution in [0.5, 0.6) is 0 Å². The van der Waals surface area contributed by atoms with Crippen LogP contribution in [0.25, 0.3) is 4.85 Å². The molecule has 4 heteroatoms. The maximum absolute atomic E-state index is 10.2. The fourth-order valence-corrected chi connectivity index (χ4v) is 1.48. The second-order valence-corrected chi connectivity index (χ2v) is 3.18. The van der Waals surface area contributed by atoms with Crippen LogP contribution in [-0.4, -0.2) is 6.29 Å². The number of hydrogen-bond donors (Lipinski definition) is 0. The van der Waals surface area contributed by atoms with E-state index in [0.717, 1.165) is 11.3 Å². The maximum atomic E-state index is 10.2. The van der Waals surface area contributed by atoms with E-state index in [-0.39, 0.29) is 0 Å². The van der Waals surface area contributed by atoms with Gasteiger partial charge in [-0.3, -0.25) is 4.79 Å². The summed E-state index contributed by atoms with van der Waals surface area (Å²) in [5.41, 5.74) is 0.401. The molecule has 0 N–H and O–H groups in total. The zero-order valence-corrected chi connectivity index (χ0v) is 6.37. The Balaban J connectivity index is 3.19. The van der Waals surface area contributed by atoms with Gasteiger partial charge in [0.1, 0.15) is 0 Å². The number of carbonyl (C=O) groups is 1. The lowest BCUT2D eigenvalue weighted by atomic mass is 10.4. The van der Waals surface area contributed by atoms with Crippen LogP contribution >= 0.6 is 22.9 Å². The summed E-state index contributed by atoms with van der Waals surface area (Å²) >= 11 is 6.69. The summed E-state index contributed by atoms with van der Waals surface area (Å²) in [6, 6.07) is 1.48. The zero-order chi connectivity index (χ0) is 7.56. The Labute approximate surface area is 66.9 Å². The van der Waals surface area contributed by atoms with Gasteiger partial charge in [-0.25, -0.2) is 4.85 Å². The number of nitrogens with zero attached hydrogens (tertiary/aromatic N) is 1. The summed E-state index contributed by atoms with van der Waals surface area (Å²) in [6.07, 6.45) is 0.646. The first-order valence-electron chi connectivity index (χ1n) is 2.40. The average Bonchev–Trinajstić information content (AvgIpc) is 2.30. The molecule has 50 valence electrons. The third kappa shape index (κ3) is 1.18. The molecule has 0 aliphatic heterocycles. The summed E-state index contributed by atoms with van der Waals surface area (Å²) in [5.74, 6) is 0. The fourth-order valence-electron chi connectivity index (χ4n) is 0.505. The lowest BCUT2D eigenvalue weighted by Gasteiger charge is -1.76. The van der Waals surface area contributed by atoms with E-state index in [2.05, 4.69) is 4.85 Å². The van der Waals surface area contributed by atoms with Crippen LogP contribution in [0, 0.1) is 6.57 Å². The molecule has 0 unspecified atom stereocenters. The number of hydrogen-bond acceptors (Lipinski definition) is 2. The fraction of sp³-hybridized carbons (Fsp3) is 0. The maximum Gasteiger partial charge on any atom is 0.243 e. The lowest BCUT2D eigenvalue weighted by molar-refractivity contribution is 0.112. The van der Waals surface area contributed by atoms with Crippen molar-refractivity contribution in [2.24, 2.45) is 0 Å². The van der Waals surface area contributed by atoms with Gasteiger partial charge in [-0.15, -0.1) is 11.3 Å². The van der Waals surface area contributed by atoms with E-state index in [1.807, 2.05) is 0 Å². The predicted molar refractivity (Wildman–Crippen MR) is 41.0 cm³/mol. The molecule has 0 fully saturated rings. The van der Waals surface area contributed by atoms with Crippen LogP contribution in [0.15, 0.2) is 6.07 Å².